The standard InChI is InChI=1S/C68H121NO10/c1-3-5-7-9-11-13-14-15-16-26-30-33-36-40-44-48-52-56-64(73)77-57-53-49-45-41-37-34-31-28-25-23-21-19-17-18-20-22-24-27-29-32-35-39-43-47-51-55-63(72)69-60(61(71)54-50-46-42-38-12-10-8-6-4-2)59-78-68-67(76)66(75)65(74)62(58-70)79-68/h11-13,15-16,18-21,38,50,54,60-62,65-68,70-71,74-76H,3-10,14,17,22-37,39-49,51-53,55-59H2,1-2H3,(H,69,72)/b13-11-,16-15-,20-18-,21-19-,38-12+,54-50+. The lowest BCUT2D eigenvalue weighted by Crippen LogP contribution is -2.60. The van der Waals surface area contributed by atoms with Crippen molar-refractivity contribution in [2.24, 2.45) is 0 Å². The van der Waals surface area contributed by atoms with Gasteiger partial charge in [0.1, 0.15) is 24.4 Å². The lowest BCUT2D eigenvalue weighted by atomic mass is 9.99. The van der Waals surface area contributed by atoms with Gasteiger partial charge in [0.2, 0.25) is 5.91 Å². The monoisotopic (exact) mass is 1110 g/mol. The number of esters is 1. The van der Waals surface area contributed by atoms with E-state index in [4.69, 9.17) is 14.2 Å². The van der Waals surface area contributed by atoms with Crippen LogP contribution in [0.4, 0.5) is 0 Å². The molecule has 1 aliphatic heterocycles. The highest BCUT2D eigenvalue weighted by Gasteiger charge is 2.44. The summed E-state index contributed by atoms with van der Waals surface area (Å²) in [6.07, 6.45) is 66.0. The lowest BCUT2D eigenvalue weighted by Gasteiger charge is -2.40. The third-order valence-corrected chi connectivity index (χ3v) is 15.0. The van der Waals surface area contributed by atoms with Gasteiger partial charge in [0.25, 0.3) is 0 Å². The number of carbonyl (C=O) groups excluding carboxylic acids is 2. The lowest BCUT2D eigenvalue weighted by molar-refractivity contribution is -0.302. The topological polar surface area (TPSA) is 175 Å². The Labute approximate surface area is 483 Å². The van der Waals surface area contributed by atoms with E-state index in [1.807, 2.05) is 6.08 Å². The maximum atomic E-state index is 13.0. The van der Waals surface area contributed by atoms with Crippen molar-refractivity contribution in [3.8, 4) is 0 Å². The molecule has 0 aromatic rings. The Kier molecular flexibility index (Phi) is 53.4. The van der Waals surface area contributed by atoms with E-state index in [-0.39, 0.29) is 18.5 Å². The smallest absolute Gasteiger partial charge is 0.305 e. The van der Waals surface area contributed by atoms with Gasteiger partial charge in [-0.2, -0.15) is 0 Å². The third kappa shape index (κ3) is 46.3. The Hall–Kier alpha value is -2.90. The van der Waals surface area contributed by atoms with Crippen molar-refractivity contribution in [3.63, 3.8) is 0 Å². The zero-order valence-electron chi connectivity index (χ0n) is 50.6. The second-order valence-electron chi connectivity index (χ2n) is 22.4. The van der Waals surface area contributed by atoms with Gasteiger partial charge in [0.05, 0.1) is 32.0 Å². The molecule has 1 heterocycles. The number of unbranched alkanes of at least 4 members (excludes halogenated alkanes) is 32. The van der Waals surface area contributed by atoms with Gasteiger partial charge in [-0.15, -0.1) is 0 Å². The predicted octanol–water partition coefficient (Wildman–Crippen LogP) is 16.0. The van der Waals surface area contributed by atoms with Crippen LogP contribution in [0, 0.1) is 0 Å². The van der Waals surface area contributed by atoms with Crippen LogP contribution in [0.1, 0.15) is 284 Å². The van der Waals surface area contributed by atoms with E-state index in [1.54, 1.807) is 6.08 Å². The molecule has 0 bridgehead atoms. The molecule has 79 heavy (non-hydrogen) atoms. The predicted molar refractivity (Wildman–Crippen MR) is 329 cm³/mol. The number of hydrogen-bond donors (Lipinski definition) is 6. The first-order valence-electron chi connectivity index (χ1n) is 32.7. The molecule has 1 fully saturated rings. The van der Waals surface area contributed by atoms with E-state index in [9.17, 15) is 35.1 Å². The minimum atomic E-state index is -1.58. The summed E-state index contributed by atoms with van der Waals surface area (Å²) >= 11 is 0. The molecule has 1 aliphatic rings. The van der Waals surface area contributed by atoms with Gasteiger partial charge in [-0.3, -0.25) is 9.59 Å². The van der Waals surface area contributed by atoms with Crippen LogP contribution in [0.5, 0.6) is 0 Å². The molecular weight excluding hydrogens is 991 g/mol. The maximum Gasteiger partial charge on any atom is 0.305 e. The molecule has 1 rings (SSSR count). The van der Waals surface area contributed by atoms with Gasteiger partial charge in [-0.1, -0.05) is 234 Å². The van der Waals surface area contributed by atoms with E-state index < -0.39 is 49.5 Å². The molecule has 0 aromatic heterocycles. The molecule has 0 spiro atoms. The fourth-order valence-electron chi connectivity index (χ4n) is 9.80. The van der Waals surface area contributed by atoms with Crippen molar-refractivity contribution in [3.05, 3.63) is 72.9 Å². The average molecular weight is 1110 g/mol. The first-order valence-corrected chi connectivity index (χ1v) is 32.7. The molecule has 1 amide bonds. The van der Waals surface area contributed by atoms with E-state index in [0.29, 0.717) is 19.4 Å². The highest BCUT2D eigenvalue weighted by molar-refractivity contribution is 5.76. The van der Waals surface area contributed by atoms with Gasteiger partial charge in [0, 0.05) is 12.8 Å². The SMILES string of the molecule is CCCCC/C=C\C/C=C\CCCCCCCCCC(=O)OCCCCCCCCCCC/C=C\C/C=C\CCCCCCCCCCCC(=O)NC(COC1OC(CO)C(O)C(O)C1O)C(O)/C=C/CC/C=C/CCCCC. The Bertz CT molecular complexity index is 1540. The Morgan fingerprint density at radius 1 is 0.468 bits per heavy atom. The van der Waals surface area contributed by atoms with Crippen molar-refractivity contribution >= 4 is 11.9 Å². The summed E-state index contributed by atoms with van der Waals surface area (Å²) in [5.41, 5.74) is 0. The summed E-state index contributed by atoms with van der Waals surface area (Å²) in [6, 6.07) is -0.832. The van der Waals surface area contributed by atoms with Crippen molar-refractivity contribution in [1.29, 1.82) is 0 Å². The van der Waals surface area contributed by atoms with Crippen LogP contribution < -0.4 is 5.32 Å². The maximum absolute atomic E-state index is 13.0. The van der Waals surface area contributed by atoms with Gasteiger partial charge < -0.3 is 45.1 Å². The summed E-state index contributed by atoms with van der Waals surface area (Å²) < 4.78 is 16.7. The zero-order valence-corrected chi connectivity index (χ0v) is 50.6. The Morgan fingerprint density at radius 3 is 1.33 bits per heavy atom. The number of aliphatic hydroxyl groups is 5. The molecule has 0 radical (unpaired) electrons. The number of allylic oxidation sites excluding steroid dienone is 11. The van der Waals surface area contributed by atoms with Crippen molar-refractivity contribution in [2.75, 3.05) is 19.8 Å². The van der Waals surface area contributed by atoms with Gasteiger partial charge >= 0.3 is 5.97 Å². The van der Waals surface area contributed by atoms with Crippen LogP contribution in [-0.4, -0.2) is 100 Å². The van der Waals surface area contributed by atoms with E-state index >= 15 is 0 Å². The van der Waals surface area contributed by atoms with Crippen molar-refractivity contribution < 1.29 is 49.3 Å². The second-order valence-corrected chi connectivity index (χ2v) is 22.4. The average Bonchev–Trinajstić information content (AvgIpc) is 3.47. The van der Waals surface area contributed by atoms with Gasteiger partial charge in [0.15, 0.2) is 6.29 Å². The summed E-state index contributed by atoms with van der Waals surface area (Å²) in [5.74, 6) is -0.212. The summed E-state index contributed by atoms with van der Waals surface area (Å²) in [4.78, 5) is 25.1. The molecular formula is C68H121NO10. The van der Waals surface area contributed by atoms with E-state index in [0.717, 1.165) is 89.9 Å². The molecule has 6 N–H and O–H groups in total. The minimum Gasteiger partial charge on any atom is -0.466 e. The van der Waals surface area contributed by atoms with Crippen LogP contribution in [0.3, 0.4) is 0 Å². The fourth-order valence-corrected chi connectivity index (χ4v) is 9.80. The number of rotatable bonds is 56. The van der Waals surface area contributed by atoms with Crippen LogP contribution >= 0.6 is 0 Å². The molecule has 11 heteroatoms. The summed E-state index contributed by atoms with van der Waals surface area (Å²) in [7, 11) is 0. The first-order chi connectivity index (χ1) is 38.7. The minimum absolute atomic E-state index is 0.0106. The summed E-state index contributed by atoms with van der Waals surface area (Å²) in [5, 5.41) is 54.2. The quantitative estimate of drug-likeness (QED) is 0.0195. The van der Waals surface area contributed by atoms with Crippen LogP contribution in [0.2, 0.25) is 0 Å². The van der Waals surface area contributed by atoms with Crippen molar-refractivity contribution in [1.82, 2.24) is 5.32 Å². The van der Waals surface area contributed by atoms with Gasteiger partial charge in [-0.05, 0) is 109 Å². The largest absolute Gasteiger partial charge is 0.466 e. The number of ether oxygens (including phenoxy) is 3. The first kappa shape index (κ1) is 74.1. The van der Waals surface area contributed by atoms with E-state index in [2.05, 4.69) is 79.9 Å². The molecule has 7 unspecified atom stereocenters. The Balaban J connectivity index is 1.98. The molecule has 0 aromatic carbocycles. The second kappa shape index (κ2) is 56.9. The van der Waals surface area contributed by atoms with Crippen LogP contribution in [0.25, 0.3) is 0 Å². The van der Waals surface area contributed by atoms with Crippen LogP contribution in [0.15, 0.2) is 72.9 Å². The highest BCUT2D eigenvalue weighted by atomic mass is 16.7. The number of carbonyl (C=O) groups is 2. The molecule has 0 aliphatic carbocycles. The summed E-state index contributed by atoms with van der Waals surface area (Å²) in [6.45, 7) is 4.24. The number of amides is 1. The molecule has 0 saturated carbocycles. The Morgan fingerprint density at radius 2 is 0.861 bits per heavy atom. The molecule has 458 valence electrons. The molecule has 1 saturated heterocycles. The zero-order chi connectivity index (χ0) is 57.3. The van der Waals surface area contributed by atoms with Crippen molar-refractivity contribution in [2.45, 2.75) is 326 Å². The van der Waals surface area contributed by atoms with Crippen LogP contribution in [-0.2, 0) is 23.8 Å². The van der Waals surface area contributed by atoms with Gasteiger partial charge in [-0.25, -0.2) is 0 Å². The normalized spacial score (nSPS) is 18.9. The van der Waals surface area contributed by atoms with E-state index in [1.165, 1.54) is 167 Å². The third-order valence-electron chi connectivity index (χ3n) is 15.0. The molecule has 7 atom stereocenters. The highest BCUT2D eigenvalue weighted by Crippen LogP contribution is 2.23. The number of nitrogens with one attached hydrogen (secondary N) is 1. The fraction of sp³-hybridized carbons (Fsp3) is 0.794. The number of aliphatic hydroxyl groups excluding tert-OH is 5. The molecule has 11 nitrogen and oxygen atoms in total. The number of hydrogen-bond acceptors (Lipinski definition) is 10.